The topological polar surface area (TPSA) is 29.1 Å². The largest absolute Gasteiger partial charge is 0.355 e. The Balaban J connectivity index is 1.93. The van der Waals surface area contributed by atoms with Gasteiger partial charge in [-0.3, -0.25) is 4.79 Å². The maximum Gasteiger partial charge on any atom is 0.220 e. The van der Waals surface area contributed by atoms with Crippen molar-refractivity contribution in [3.63, 3.8) is 0 Å². The van der Waals surface area contributed by atoms with Crippen molar-refractivity contribution in [1.82, 2.24) is 5.32 Å². The fraction of sp³-hybridized carbons (Fsp3) is 0.533. The molecule has 2 nitrogen and oxygen atoms in total. The molecule has 1 aliphatic heterocycles. The van der Waals surface area contributed by atoms with Crippen molar-refractivity contribution >= 4 is 5.91 Å². The summed E-state index contributed by atoms with van der Waals surface area (Å²) in [5, 5.41) is 3.04. The molecule has 2 atom stereocenters. The minimum absolute atomic E-state index is 0.205. The molecule has 1 aliphatic carbocycles. The molecule has 1 spiro atoms. The summed E-state index contributed by atoms with van der Waals surface area (Å²) in [5.74, 6) is 0.809. The summed E-state index contributed by atoms with van der Waals surface area (Å²) in [7, 11) is 0. The Labute approximate surface area is 102 Å². The average Bonchev–Trinajstić information content (AvgIpc) is 2.73. The molecule has 1 aromatic rings. The third-order valence-electron chi connectivity index (χ3n) is 4.51. The molecule has 2 fully saturated rings. The van der Waals surface area contributed by atoms with Crippen molar-refractivity contribution < 1.29 is 4.79 Å². The lowest BCUT2D eigenvalue weighted by Gasteiger charge is -2.40. The molecule has 3 rings (SSSR count). The molecule has 0 radical (unpaired) electrons. The van der Waals surface area contributed by atoms with Gasteiger partial charge in [0, 0.05) is 18.4 Å². The maximum atomic E-state index is 11.6. The van der Waals surface area contributed by atoms with Gasteiger partial charge in [0.1, 0.15) is 0 Å². The first-order valence-corrected chi connectivity index (χ1v) is 6.62. The van der Waals surface area contributed by atoms with E-state index in [2.05, 4.69) is 35.6 Å². The van der Waals surface area contributed by atoms with Crippen molar-refractivity contribution in [1.29, 1.82) is 0 Å². The van der Waals surface area contributed by atoms with Crippen LogP contribution in [0.2, 0.25) is 0 Å². The van der Waals surface area contributed by atoms with E-state index in [-0.39, 0.29) is 11.3 Å². The second-order valence-electron chi connectivity index (χ2n) is 5.52. The fourth-order valence-corrected chi connectivity index (χ4v) is 3.65. The molecule has 0 aromatic heterocycles. The van der Waals surface area contributed by atoms with Crippen LogP contribution in [-0.4, -0.2) is 12.5 Å². The molecule has 2 heteroatoms. The summed E-state index contributed by atoms with van der Waals surface area (Å²) < 4.78 is 0. The van der Waals surface area contributed by atoms with E-state index in [1.165, 1.54) is 31.2 Å². The van der Waals surface area contributed by atoms with Crippen LogP contribution in [0.25, 0.3) is 0 Å². The monoisotopic (exact) mass is 229 g/mol. The zero-order chi connectivity index (χ0) is 11.7. The Hall–Kier alpha value is -1.31. The van der Waals surface area contributed by atoms with Crippen molar-refractivity contribution in [2.75, 3.05) is 6.54 Å². The SMILES string of the molecule is O=C1CC2(CCCCC2c2ccccc2)CN1. The van der Waals surface area contributed by atoms with Gasteiger partial charge < -0.3 is 5.32 Å². The zero-order valence-corrected chi connectivity index (χ0v) is 10.1. The molecule has 1 amide bonds. The summed E-state index contributed by atoms with van der Waals surface area (Å²) in [4.78, 5) is 11.6. The van der Waals surface area contributed by atoms with Crippen LogP contribution in [0, 0.1) is 5.41 Å². The van der Waals surface area contributed by atoms with Gasteiger partial charge in [0.15, 0.2) is 0 Å². The van der Waals surface area contributed by atoms with Crippen LogP contribution in [0.3, 0.4) is 0 Å². The third kappa shape index (κ3) is 1.86. The van der Waals surface area contributed by atoms with Crippen molar-refractivity contribution in [2.45, 2.75) is 38.0 Å². The van der Waals surface area contributed by atoms with Gasteiger partial charge in [-0.05, 0) is 24.3 Å². The highest BCUT2D eigenvalue weighted by Gasteiger charge is 2.46. The lowest BCUT2D eigenvalue weighted by Crippen LogP contribution is -2.34. The number of nitrogens with one attached hydrogen (secondary N) is 1. The minimum Gasteiger partial charge on any atom is -0.355 e. The van der Waals surface area contributed by atoms with Crippen LogP contribution in [0.4, 0.5) is 0 Å². The minimum atomic E-state index is 0.205. The molecule has 1 N–H and O–H groups in total. The predicted molar refractivity (Wildman–Crippen MR) is 67.7 cm³/mol. The molecule has 1 heterocycles. The maximum absolute atomic E-state index is 11.6. The average molecular weight is 229 g/mol. The van der Waals surface area contributed by atoms with Crippen molar-refractivity contribution in [3.05, 3.63) is 35.9 Å². The number of benzene rings is 1. The quantitative estimate of drug-likeness (QED) is 0.788. The summed E-state index contributed by atoms with van der Waals surface area (Å²) in [6.07, 6.45) is 5.74. The highest BCUT2D eigenvalue weighted by Crippen LogP contribution is 2.50. The van der Waals surface area contributed by atoms with Gasteiger partial charge in [-0.25, -0.2) is 0 Å². The van der Waals surface area contributed by atoms with Crippen LogP contribution in [0.1, 0.15) is 43.6 Å². The molecular formula is C15H19NO. The van der Waals surface area contributed by atoms with Crippen molar-refractivity contribution in [2.24, 2.45) is 5.41 Å². The van der Waals surface area contributed by atoms with E-state index >= 15 is 0 Å². The Kier molecular flexibility index (Phi) is 2.65. The number of carbonyl (C=O) groups is 1. The van der Waals surface area contributed by atoms with E-state index in [1.54, 1.807) is 0 Å². The summed E-state index contributed by atoms with van der Waals surface area (Å²) >= 11 is 0. The van der Waals surface area contributed by atoms with E-state index in [0.717, 1.165) is 13.0 Å². The van der Waals surface area contributed by atoms with Crippen LogP contribution in [0.5, 0.6) is 0 Å². The van der Waals surface area contributed by atoms with Crippen molar-refractivity contribution in [3.8, 4) is 0 Å². The highest BCUT2D eigenvalue weighted by atomic mass is 16.1. The van der Waals surface area contributed by atoms with Gasteiger partial charge in [-0.15, -0.1) is 0 Å². The Bertz CT molecular complexity index is 414. The number of rotatable bonds is 1. The first kappa shape index (κ1) is 10.8. The normalized spacial score (nSPS) is 32.7. The molecule has 1 aromatic carbocycles. The Morgan fingerprint density at radius 1 is 1.18 bits per heavy atom. The molecule has 17 heavy (non-hydrogen) atoms. The predicted octanol–water partition coefficient (Wildman–Crippen LogP) is 2.85. The molecule has 2 unspecified atom stereocenters. The highest BCUT2D eigenvalue weighted by molar-refractivity contribution is 5.79. The number of carbonyl (C=O) groups excluding carboxylic acids is 1. The Morgan fingerprint density at radius 3 is 2.71 bits per heavy atom. The van der Waals surface area contributed by atoms with Crippen LogP contribution in [0.15, 0.2) is 30.3 Å². The third-order valence-corrected chi connectivity index (χ3v) is 4.51. The smallest absolute Gasteiger partial charge is 0.220 e. The molecule has 0 bridgehead atoms. The lowest BCUT2D eigenvalue weighted by atomic mass is 9.63. The molecule has 90 valence electrons. The van der Waals surface area contributed by atoms with Gasteiger partial charge >= 0.3 is 0 Å². The second kappa shape index (κ2) is 4.17. The van der Waals surface area contributed by atoms with Crippen LogP contribution >= 0.6 is 0 Å². The number of hydrogen-bond donors (Lipinski definition) is 1. The summed E-state index contributed by atoms with van der Waals surface area (Å²) in [6, 6.07) is 10.7. The molecule has 1 saturated carbocycles. The molecule has 1 saturated heterocycles. The first-order chi connectivity index (χ1) is 8.30. The van der Waals surface area contributed by atoms with Gasteiger partial charge in [-0.2, -0.15) is 0 Å². The van der Waals surface area contributed by atoms with Gasteiger partial charge in [0.05, 0.1) is 0 Å². The lowest BCUT2D eigenvalue weighted by molar-refractivity contribution is -0.119. The Morgan fingerprint density at radius 2 is 2.00 bits per heavy atom. The molecular weight excluding hydrogens is 210 g/mol. The van der Waals surface area contributed by atoms with Gasteiger partial charge in [-0.1, -0.05) is 43.2 Å². The number of hydrogen-bond acceptors (Lipinski definition) is 1. The summed E-state index contributed by atoms with van der Waals surface area (Å²) in [5.41, 5.74) is 1.63. The van der Waals surface area contributed by atoms with Crippen LogP contribution < -0.4 is 5.32 Å². The van der Waals surface area contributed by atoms with E-state index < -0.39 is 0 Å². The van der Waals surface area contributed by atoms with E-state index in [1.807, 2.05) is 0 Å². The second-order valence-corrected chi connectivity index (χ2v) is 5.52. The van der Waals surface area contributed by atoms with E-state index in [4.69, 9.17) is 0 Å². The van der Waals surface area contributed by atoms with Crippen LogP contribution in [-0.2, 0) is 4.79 Å². The number of amides is 1. The van der Waals surface area contributed by atoms with E-state index in [9.17, 15) is 4.79 Å². The van der Waals surface area contributed by atoms with Gasteiger partial charge in [0.25, 0.3) is 0 Å². The zero-order valence-electron chi connectivity index (χ0n) is 10.1. The standard InChI is InChI=1S/C15H19NO/c17-14-10-15(11-16-14)9-5-4-8-13(15)12-6-2-1-3-7-12/h1-3,6-7,13H,4-5,8-11H2,(H,16,17). The van der Waals surface area contributed by atoms with Gasteiger partial charge in [0.2, 0.25) is 5.91 Å². The fourth-order valence-electron chi connectivity index (χ4n) is 3.65. The summed E-state index contributed by atoms with van der Waals surface area (Å²) in [6.45, 7) is 0.880. The first-order valence-electron chi connectivity index (χ1n) is 6.62. The van der Waals surface area contributed by atoms with E-state index in [0.29, 0.717) is 5.92 Å². The molecule has 2 aliphatic rings.